The number of aryl methyl sites for hydroxylation is 2. The Balaban J connectivity index is 1.94. The fourth-order valence-electron chi connectivity index (χ4n) is 3.55. The van der Waals surface area contributed by atoms with E-state index in [1.807, 2.05) is 0 Å². The topological polar surface area (TPSA) is 12.5 Å². The lowest BCUT2D eigenvalue weighted by molar-refractivity contribution is 0.0181. The van der Waals surface area contributed by atoms with Gasteiger partial charge in [0.15, 0.2) is 0 Å². The van der Waals surface area contributed by atoms with E-state index in [0.29, 0.717) is 0 Å². The molecule has 0 saturated carbocycles. The molecule has 0 radical (unpaired) electrons. The molecule has 0 bridgehead atoms. The van der Waals surface area contributed by atoms with E-state index in [1.54, 1.807) is 0 Å². The standard InChI is InChI=1S/C23H27NOS2/c1-16-4-8-19(9-5-16)22(26)21(18(3)24-12-14-25-15-13-24)23(27)20-10-6-17(2)7-11-20/h4-11,18,21H,12-15H2,1-3H3. The van der Waals surface area contributed by atoms with Gasteiger partial charge >= 0.3 is 0 Å². The molecule has 1 aliphatic rings. The molecular weight excluding hydrogens is 370 g/mol. The molecule has 27 heavy (non-hydrogen) atoms. The molecule has 1 heterocycles. The quantitative estimate of drug-likeness (QED) is 0.514. The van der Waals surface area contributed by atoms with Gasteiger partial charge in [-0.15, -0.1) is 0 Å². The molecule has 2 aromatic rings. The third-order valence-electron chi connectivity index (χ3n) is 5.34. The highest BCUT2D eigenvalue weighted by atomic mass is 32.1. The minimum atomic E-state index is 0.0125. The average Bonchev–Trinajstić information content (AvgIpc) is 2.69. The summed E-state index contributed by atoms with van der Waals surface area (Å²) in [6.07, 6.45) is 0. The van der Waals surface area contributed by atoms with Gasteiger partial charge in [-0.1, -0.05) is 84.1 Å². The maximum Gasteiger partial charge on any atom is 0.0594 e. The highest BCUT2D eigenvalue weighted by Crippen LogP contribution is 2.25. The Morgan fingerprint density at radius 2 is 1.22 bits per heavy atom. The van der Waals surface area contributed by atoms with Gasteiger partial charge in [-0.05, 0) is 31.9 Å². The van der Waals surface area contributed by atoms with Crippen LogP contribution < -0.4 is 0 Å². The van der Waals surface area contributed by atoms with Gasteiger partial charge in [0.1, 0.15) is 0 Å². The average molecular weight is 398 g/mol. The highest BCUT2D eigenvalue weighted by Gasteiger charge is 2.32. The van der Waals surface area contributed by atoms with Crippen LogP contribution in [0.2, 0.25) is 0 Å². The molecule has 1 aliphatic heterocycles. The number of hydrogen-bond donors (Lipinski definition) is 0. The van der Waals surface area contributed by atoms with Gasteiger partial charge in [0.05, 0.1) is 13.2 Å². The van der Waals surface area contributed by atoms with E-state index in [2.05, 4.69) is 74.2 Å². The Bertz CT molecular complexity index is 735. The van der Waals surface area contributed by atoms with Gasteiger partial charge in [-0.3, -0.25) is 4.90 Å². The van der Waals surface area contributed by atoms with Crippen molar-refractivity contribution in [2.75, 3.05) is 26.3 Å². The second kappa shape index (κ2) is 9.16. The zero-order chi connectivity index (χ0) is 19.4. The molecule has 1 saturated heterocycles. The Hall–Kier alpha value is -1.46. The summed E-state index contributed by atoms with van der Waals surface area (Å²) in [7, 11) is 0. The summed E-state index contributed by atoms with van der Waals surface area (Å²) in [6.45, 7) is 9.82. The van der Waals surface area contributed by atoms with Gasteiger partial charge in [0.2, 0.25) is 0 Å². The minimum absolute atomic E-state index is 0.0125. The SMILES string of the molecule is Cc1ccc(C(=S)C(C(=S)c2ccc(C)cc2)C(C)N2CCOCC2)cc1. The first-order valence-electron chi connectivity index (χ1n) is 9.51. The van der Waals surface area contributed by atoms with E-state index in [9.17, 15) is 0 Å². The minimum Gasteiger partial charge on any atom is -0.379 e. The molecule has 2 nitrogen and oxygen atoms in total. The fraction of sp³-hybridized carbons (Fsp3) is 0.391. The van der Waals surface area contributed by atoms with Gasteiger partial charge in [-0.25, -0.2) is 0 Å². The number of thiocarbonyl (C=S) groups is 2. The van der Waals surface area contributed by atoms with Crippen LogP contribution in [0, 0.1) is 19.8 Å². The first-order chi connectivity index (χ1) is 13.0. The van der Waals surface area contributed by atoms with Crippen LogP contribution >= 0.6 is 24.4 Å². The normalized spacial score (nSPS) is 16.3. The monoisotopic (exact) mass is 397 g/mol. The lowest BCUT2D eigenvalue weighted by Crippen LogP contribution is -2.49. The van der Waals surface area contributed by atoms with Crippen molar-refractivity contribution < 1.29 is 4.74 Å². The lowest BCUT2D eigenvalue weighted by atomic mass is 9.85. The van der Waals surface area contributed by atoms with Crippen molar-refractivity contribution in [3.8, 4) is 0 Å². The number of nitrogens with zero attached hydrogens (tertiary/aromatic N) is 1. The Morgan fingerprint density at radius 1 is 0.815 bits per heavy atom. The van der Waals surface area contributed by atoms with Crippen molar-refractivity contribution in [3.05, 3.63) is 70.8 Å². The number of morpholine rings is 1. The number of hydrogen-bond acceptors (Lipinski definition) is 4. The maximum absolute atomic E-state index is 5.99. The smallest absolute Gasteiger partial charge is 0.0594 e. The third-order valence-corrected chi connectivity index (χ3v) is 6.32. The second-order valence-corrected chi connectivity index (χ2v) is 8.21. The Morgan fingerprint density at radius 3 is 1.63 bits per heavy atom. The summed E-state index contributed by atoms with van der Waals surface area (Å²) in [5.74, 6) is 0.0125. The Labute approximate surface area is 173 Å². The van der Waals surface area contributed by atoms with Crippen LogP contribution in [0.3, 0.4) is 0 Å². The molecule has 3 rings (SSSR count). The first-order valence-corrected chi connectivity index (χ1v) is 10.3. The van der Waals surface area contributed by atoms with Gasteiger partial charge < -0.3 is 4.74 Å². The van der Waals surface area contributed by atoms with Crippen molar-refractivity contribution in [2.45, 2.75) is 26.8 Å². The number of rotatable bonds is 6. The van der Waals surface area contributed by atoms with Crippen LogP contribution in [0.15, 0.2) is 48.5 Å². The predicted octanol–water partition coefficient (Wildman–Crippen LogP) is 4.78. The van der Waals surface area contributed by atoms with E-state index in [1.165, 1.54) is 11.1 Å². The number of benzene rings is 2. The summed E-state index contributed by atoms with van der Waals surface area (Å²) >= 11 is 12.0. The van der Waals surface area contributed by atoms with Crippen LogP contribution in [-0.4, -0.2) is 47.0 Å². The van der Waals surface area contributed by atoms with Crippen LogP contribution in [0.25, 0.3) is 0 Å². The second-order valence-electron chi connectivity index (χ2n) is 7.33. The van der Waals surface area contributed by atoms with Gasteiger partial charge in [0, 0.05) is 34.8 Å². The van der Waals surface area contributed by atoms with E-state index in [-0.39, 0.29) is 12.0 Å². The lowest BCUT2D eigenvalue weighted by Gasteiger charge is -2.37. The van der Waals surface area contributed by atoms with Gasteiger partial charge in [0.25, 0.3) is 0 Å². The van der Waals surface area contributed by atoms with Gasteiger partial charge in [-0.2, -0.15) is 0 Å². The van der Waals surface area contributed by atoms with Crippen molar-refractivity contribution in [1.82, 2.24) is 4.90 Å². The maximum atomic E-state index is 5.99. The fourth-order valence-corrected chi connectivity index (χ4v) is 4.52. The summed E-state index contributed by atoms with van der Waals surface area (Å²) < 4.78 is 5.54. The van der Waals surface area contributed by atoms with Crippen LogP contribution in [0.1, 0.15) is 29.2 Å². The largest absolute Gasteiger partial charge is 0.379 e. The molecule has 0 spiro atoms. The molecular formula is C23H27NOS2. The van der Waals surface area contributed by atoms with Crippen LogP contribution in [0.4, 0.5) is 0 Å². The first kappa shape index (κ1) is 20.3. The van der Waals surface area contributed by atoms with Crippen molar-refractivity contribution >= 4 is 34.2 Å². The van der Waals surface area contributed by atoms with E-state index in [0.717, 1.165) is 47.2 Å². The highest BCUT2D eigenvalue weighted by molar-refractivity contribution is 7.82. The van der Waals surface area contributed by atoms with E-state index in [4.69, 9.17) is 29.2 Å². The van der Waals surface area contributed by atoms with E-state index >= 15 is 0 Å². The zero-order valence-corrected chi connectivity index (χ0v) is 17.9. The molecule has 142 valence electrons. The molecule has 1 fully saturated rings. The summed E-state index contributed by atoms with van der Waals surface area (Å²) in [5, 5.41) is 0. The predicted molar refractivity (Wildman–Crippen MR) is 121 cm³/mol. The summed E-state index contributed by atoms with van der Waals surface area (Å²) in [4.78, 5) is 4.31. The zero-order valence-electron chi connectivity index (χ0n) is 16.3. The van der Waals surface area contributed by atoms with Crippen molar-refractivity contribution in [1.29, 1.82) is 0 Å². The molecule has 0 aliphatic carbocycles. The molecule has 1 atom stereocenters. The molecule has 0 amide bonds. The number of ether oxygens (including phenoxy) is 1. The van der Waals surface area contributed by atoms with Crippen molar-refractivity contribution in [3.63, 3.8) is 0 Å². The third kappa shape index (κ3) is 4.88. The molecule has 4 heteroatoms. The van der Waals surface area contributed by atoms with E-state index < -0.39 is 0 Å². The molecule has 0 aromatic heterocycles. The summed E-state index contributed by atoms with van der Waals surface area (Å²) in [5.41, 5.74) is 4.66. The van der Waals surface area contributed by atoms with Crippen LogP contribution in [-0.2, 0) is 4.74 Å². The Kier molecular flexibility index (Phi) is 6.88. The van der Waals surface area contributed by atoms with Crippen molar-refractivity contribution in [2.24, 2.45) is 5.92 Å². The molecule has 0 N–H and O–H groups in total. The molecule has 1 unspecified atom stereocenters. The molecule has 2 aromatic carbocycles. The summed E-state index contributed by atoms with van der Waals surface area (Å²) in [6, 6.07) is 17.2. The van der Waals surface area contributed by atoms with Crippen LogP contribution in [0.5, 0.6) is 0 Å².